The van der Waals surface area contributed by atoms with Crippen LogP contribution in [0.2, 0.25) is 0 Å². The zero-order valence-electron chi connectivity index (χ0n) is 10.9. The quantitative estimate of drug-likeness (QED) is 0.505. The van der Waals surface area contributed by atoms with E-state index in [-0.39, 0.29) is 17.3 Å². The van der Waals surface area contributed by atoms with Crippen molar-refractivity contribution in [3.05, 3.63) is 18.2 Å². The number of tetrazole rings is 1. The first-order chi connectivity index (χ1) is 9.62. The lowest BCUT2D eigenvalue weighted by Gasteiger charge is -2.02. The van der Waals surface area contributed by atoms with Crippen molar-refractivity contribution in [2.24, 2.45) is 0 Å². The topological polar surface area (TPSA) is 130 Å². The van der Waals surface area contributed by atoms with Crippen molar-refractivity contribution in [3.8, 4) is 0 Å². The summed E-state index contributed by atoms with van der Waals surface area (Å²) in [7, 11) is -3.62. The summed E-state index contributed by atoms with van der Waals surface area (Å²) in [5.41, 5.74) is 0. The van der Waals surface area contributed by atoms with Crippen LogP contribution in [0, 0.1) is 0 Å². The maximum atomic E-state index is 12.0. The molecule has 2 rings (SSSR count). The van der Waals surface area contributed by atoms with E-state index >= 15 is 0 Å². The molecule has 11 heteroatoms. The first-order valence-electron chi connectivity index (χ1n) is 6.07. The van der Waals surface area contributed by atoms with Crippen molar-refractivity contribution in [1.29, 1.82) is 0 Å². The Bertz CT molecular complexity index is 620. The Labute approximate surface area is 116 Å². The summed E-state index contributed by atoms with van der Waals surface area (Å²) in [5, 5.41) is 20.1. The number of rotatable bonds is 8. The van der Waals surface area contributed by atoms with Crippen LogP contribution in [-0.4, -0.2) is 51.9 Å². The van der Waals surface area contributed by atoms with E-state index in [2.05, 4.69) is 35.8 Å². The zero-order valence-corrected chi connectivity index (χ0v) is 11.8. The molecule has 0 aliphatic heterocycles. The minimum absolute atomic E-state index is 0.0264. The van der Waals surface area contributed by atoms with E-state index in [9.17, 15) is 8.42 Å². The van der Waals surface area contributed by atoms with Crippen molar-refractivity contribution >= 4 is 10.0 Å². The minimum Gasteiger partial charge on any atom is -0.315 e. The Hall–Kier alpha value is -1.85. The van der Waals surface area contributed by atoms with Crippen LogP contribution in [0.4, 0.5) is 0 Å². The summed E-state index contributed by atoms with van der Waals surface area (Å²) < 4.78 is 28.0. The molecule has 0 amide bonds. The fraction of sp³-hybridized carbons (Fsp3) is 0.556. The molecule has 0 aliphatic carbocycles. The first-order valence-corrected chi connectivity index (χ1v) is 7.55. The molecule has 10 nitrogen and oxygen atoms in total. The van der Waals surface area contributed by atoms with Gasteiger partial charge in [0.05, 0.1) is 19.3 Å². The van der Waals surface area contributed by atoms with Crippen LogP contribution in [0.25, 0.3) is 0 Å². The number of likely N-dealkylation sites (N-methyl/N-ethyl adjacent to an activating group) is 1. The smallest absolute Gasteiger partial charge is 0.244 e. The third kappa shape index (κ3) is 3.82. The fourth-order valence-corrected chi connectivity index (χ4v) is 2.41. The van der Waals surface area contributed by atoms with Gasteiger partial charge in [-0.15, -0.1) is 10.2 Å². The van der Waals surface area contributed by atoms with Gasteiger partial charge in [0.2, 0.25) is 10.0 Å². The zero-order chi connectivity index (χ0) is 14.4. The maximum Gasteiger partial charge on any atom is 0.244 e. The molecule has 0 radical (unpaired) electrons. The number of nitrogens with one attached hydrogen (secondary N) is 3. The Balaban J connectivity index is 1.95. The largest absolute Gasteiger partial charge is 0.315 e. The normalized spacial score (nSPS) is 11.8. The van der Waals surface area contributed by atoms with Gasteiger partial charge in [-0.3, -0.25) is 4.68 Å². The minimum atomic E-state index is -3.62. The van der Waals surface area contributed by atoms with Gasteiger partial charge in [-0.2, -0.15) is 10.3 Å². The van der Waals surface area contributed by atoms with Crippen LogP contribution < -0.4 is 10.0 Å². The molecule has 0 saturated heterocycles. The average molecular weight is 300 g/mol. The van der Waals surface area contributed by atoms with Crippen LogP contribution in [0.3, 0.4) is 0 Å². The molecule has 0 unspecified atom stereocenters. The molecule has 20 heavy (non-hydrogen) atoms. The number of aromatic amines is 1. The number of H-pyrrole nitrogens is 1. The monoisotopic (exact) mass is 300 g/mol. The Morgan fingerprint density at radius 3 is 3.00 bits per heavy atom. The molecule has 2 aromatic heterocycles. The predicted octanol–water partition coefficient (Wildman–Crippen LogP) is -1.52. The molecule has 0 fully saturated rings. The van der Waals surface area contributed by atoms with Crippen molar-refractivity contribution in [1.82, 2.24) is 40.4 Å². The highest BCUT2D eigenvalue weighted by molar-refractivity contribution is 7.89. The van der Waals surface area contributed by atoms with Gasteiger partial charge in [-0.1, -0.05) is 12.1 Å². The van der Waals surface area contributed by atoms with Gasteiger partial charge in [0, 0.05) is 12.7 Å². The van der Waals surface area contributed by atoms with Gasteiger partial charge in [-0.05, 0) is 6.54 Å². The number of hydrogen-bond acceptors (Lipinski definition) is 7. The highest BCUT2D eigenvalue weighted by Gasteiger charge is 2.17. The number of nitrogens with zero attached hydrogens (tertiary/aromatic N) is 5. The second kappa shape index (κ2) is 6.54. The molecule has 2 aromatic rings. The molecule has 0 saturated carbocycles. The van der Waals surface area contributed by atoms with Crippen LogP contribution in [0.15, 0.2) is 17.3 Å². The van der Waals surface area contributed by atoms with E-state index in [1.165, 1.54) is 12.4 Å². The van der Waals surface area contributed by atoms with Crippen LogP contribution in [0.5, 0.6) is 0 Å². The molecule has 0 bridgehead atoms. The van der Waals surface area contributed by atoms with Gasteiger partial charge in [0.1, 0.15) is 4.90 Å². The molecule has 2 heterocycles. The maximum absolute atomic E-state index is 12.0. The Kier molecular flexibility index (Phi) is 4.76. The molecule has 0 aromatic carbocycles. The SMILES string of the molecule is CCNCCn1cc(S(=O)(=O)NCc2nn[nH]n2)cn1. The molecule has 0 spiro atoms. The summed E-state index contributed by atoms with van der Waals surface area (Å²) in [4.78, 5) is 0.109. The second-order valence-corrected chi connectivity index (χ2v) is 5.71. The van der Waals surface area contributed by atoms with E-state index in [0.29, 0.717) is 6.54 Å². The summed E-state index contributed by atoms with van der Waals surface area (Å²) in [6, 6.07) is 0. The Morgan fingerprint density at radius 1 is 1.45 bits per heavy atom. The van der Waals surface area contributed by atoms with E-state index < -0.39 is 10.0 Å². The van der Waals surface area contributed by atoms with Gasteiger partial charge < -0.3 is 5.32 Å². The van der Waals surface area contributed by atoms with Gasteiger partial charge >= 0.3 is 0 Å². The van der Waals surface area contributed by atoms with Gasteiger partial charge in [0.15, 0.2) is 5.82 Å². The fourth-order valence-electron chi connectivity index (χ4n) is 1.48. The van der Waals surface area contributed by atoms with Crippen molar-refractivity contribution in [3.63, 3.8) is 0 Å². The Morgan fingerprint density at radius 2 is 2.30 bits per heavy atom. The lowest BCUT2D eigenvalue weighted by molar-refractivity contribution is 0.562. The van der Waals surface area contributed by atoms with Crippen LogP contribution in [0.1, 0.15) is 12.7 Å². The van der Waals surface area contributed by atoms with E-state index in [1.807, 2.05) is 6.92 Å². The molecule has 110 valence electrons. The molecule has 0 atom stereocenters. The third-order valence-electron chi connectivity index (χ3n) is 2.50. The third-order valence-corrected chi connectivity index (χ3v) is 3.85. The number of sulfonamides is 1. The van der Waals surface area contributed by atoms with Crippen molar-refractivity contribution in [2.45, 2.75) is 24.9 Å². The van der Waals surface area contributed by atoms with Crippen LogP contribution in [-0.2, 0) is 23.1 Å². The molecule has 3 N–H and O–H groups in total. The first kappa shape index (κ1) is 14.6. The molecular weight excluding hydrogens is 284 g/mol. The summed E-state index contributed by atoms with van der Waals surface area (Å²) in [6.07, 6.45) is 2.79. The lowest BCUT2D eigenvalue weighted by Crippen LogP contribution is -2.23. The average Bonchev–Trinajstić information content (AvgIpc) is 3.08. The van der Waals surface area contributed by atoms with Crippen LogP contribution >= 0.6 is 0 Å². The predicted molar refractivity (Wildman–Crippen MR) is 69.0 cm³/mol. The highest BCUT2D eigenvalue weighted by Crippen LogP contribution is 2.07. The van der Waals surface area contributed by atoms with E-state index in [0.717, 1.165) is 13.1 Å². The summed E-state index contributed by atoms with van der Waals surface area (Å²) >= 11 is 0. The summed E-state index contributed by atoms with van der Waals surface area (Å²) in [6.45, 7) is 4.17. The van der Waals surface area contributed by atoms with Gasteiger partial charge in [0.25, 0.3) is 0 Å². The highest BCUT2D eigenvalue weighted by atomic mass is 32.2. The second-order valence-electron chi connectivity index (χ2n) is 3.95. The van der Waals surface area contributed by atoms with E-state index in [1.54, 1.807) is 4.68 Å². The van der Waals surface area contributed by atoms with Gasteiger partial charge in [-0.25, -0.2) is 13.1 Å². The standard InChI is InChI=1S/C9H16N8O2S/c1-2-10-3-4-17-7-8(5-11-17)20(18,19)12-6-9-13-15-16-14-9/h5,7,10,12H,2-4,6H2,1H3,(H,13,14,15,16). The number of aromatic nitrogens is 6. The van der Waals surface area contributed by atoms with Crippen molar-refractivity contribution in [2.75, 3.05) is 13.1 Å². The van der Waals surface area contributed by atoms with E-state index in [4.69, 9.17) is 0 Å². The summed E-state index contributed by atoms with van der Waals surface area (Å²) in [5.74, 6) is 0.271. The molecular formula is C9H16N8O2S. The number of hydrogen-bond donors (Lipinski definition) is 3. The lowest BCUT2D eigenvalue weighted by atomic mass is 10.6. The van der Waals surface area contributed by atoms with Crippen molar-refractivity contribution < 1.29 is 8.42 Å². The molecule has 0 aliphatic rings.